The standard InChI is InChI=1S/C25H26F3N3O3S.C24H26FN3O3S.C23H26N4O3S/c1-29-10-8-18(9-11-29)23-17-31(24-7-2-19(16-22(23)24)25(26,27)28)35(32,33)21-5-3-20(4-6-21)30-12-14-34-15-13-30;1-26-10-8-18(9-11-26)23-17-28(24-7-2-19(25)16-22(23)24)32(29,30)21-5-3-20(4-6-21)27-12-14-31-15-13-27;1-25-11-8-18(9-12-25)22-17-27(23-21(22)3-2-10-24-23)31(28,29)20-6-4-19(5-7-20)26-13-15-30-16-14-26/h2-8,16-17H,9-15H2,1H3;2-8,16-17H,9-15H2,1H3;2-8,10,17H,9,11-16H2,1H3. The van der Waals surface area contributed by atoms with Gasteiger partial charge in [0.1, 0.15) is 5.82 Å². The van der Waals surface area contributed by atoms with Gasteiger partial charge >= 0.3 is 6.18 Å². The minimum Gasteiger partial charge on any atom is -0.378 e. The number of benzene rings is 5. The van der Waals surface area contributed by atoms with Crippen molar-refractivity contribution in [2.75, 3.05) is 154 Å². The van der Waals surface area contributed by atoms with Crippen LogP contribution >= 0.6 is 0 Å². The van der Waals surface area contributed by atoms with E-state index in [0.717, 1.165) is 146 Å². The van der Waals surface area contributed by atoms with Crippen LogP contribution in [-0.4, -0.2) is 196 Å². The molecule has 6 aliphatic heterocycles. The van der Waals surface area contributed by atoms with Gasteiger partial charge in [-0.05, 0) is 178 Å². The lowest BCUT2D eigenvalue weighted by atomic mass is 9.98. The molecular formula is C72H78F4N10O9S3. The first-order valence-corrected chi connectivity index (χ1v) is 37.1. The zero-order valence-corrected chi connectivity index (χ0v) is 57.3. The molecule has 5 aromatic carbocycles. The van der Waals surface area contributed by atoms with Gasteiger partial charge in [0.2, 0.25) is 0 Å². The van der Waals surface area contributed by atoms with E-state index in [0.29, 0.717) is 74.7 Å². The number of morpholine rings is 3. The number of hydrogen-bond acceptors (Lipinski definition) is 16. The van der Waals surface area contributed by atoms with E-state index < -0.39 is 41.8 Å². The first-order chi connectivity index (χ1) is 47.1. The SMILES string of the molecule is CN1CC=C(c2cn(S(=O)(=O)c3ccc(N4CCOCC4)cc3)c3ccc(C(F)(F)F)cc23)CC1.CN1CC=C(c2cn(S(=O)(=O)c3ccc(N4CCOCC4)cc3)c3ccc(F)cc23)CC1.CN1CC=C(c2cn(S(=O)(=O)c3ccc(N4CCOCC4)cc3)c3ncccc23)CC1. The van der Waals surface area contributed by atoms with Gasteiger partial charge in [0, 0.05) is 153 Å². The molecule has 9 aromatic rings. The second kappa shape index (κ2) is 28.6. The molecule has 26 heteroatoms. The average Bonchev–Trinajstić information content (AvgIpc) is 1.60. The number of anilines is 3. The monoisotopic (exact) mass is 1400 g/mol. The predicted octanol–water partition coefficient (Wildman–Crippen LogP) is 10.9. The van der Waals surface area contributed by atoms with Crippen LogP contribution in [0.3, 0.4) is 0 Å². The Balaban J connectivity index is 0.000000133. The largest absolute Gasteiger partial charge is 0.416 e. The van der Waals surface area contributed by atoms with Gasteiger partial charge in [-0.25, -0.2) is 46.5 Å². The quantitative estimate of drug-likeness (QED) is 0.105. The molecule has 0 radical (unpaired) electrons. The highest BCUT2D eigenvalue weighted by Gasteiger charge is 2.33. The number of aromatic nitrogens is 4. The fourth-order valence-electron chi connectivity index (χ4n) is 13.3. The number of rotatable bonds is 12. The van der Waals surface area contributed by atoms with E-state index in [4.69, 9.17) is 14.2 Å². The second-order valence-corrected chi connectivity index (χ2v) is 30.7. The van der Waals surface area contributed by atoms with Gasteiger partial charge in [-0.1, -0.05) is 18.2 Å². The van der Waals surface area contributed by atoms with Crippen molar-refractivity contribution in [2.45, 2.75) is 40.1 Å². The molecule has 0 spiro atoms. The molecule has 15 rings (SSSR count). The van der Waals surface area contributed by atoms with Crippen molar-refractivity contribution in [1.82, 2.24) is 31.6 Å². The molecule has 0 amide bonds. The van der Waals surface area contributed by atoms with Crippen LogP contribution in [0, 0.1) is 5.82 Å². The van der Waals surface area contributed by atoms with Crippen LogP contribution in [0.2, 0.25) is 0 Å². The highest BCUT2D eigenvalue weighted by molar-refractivity contribution is 7.90. The van der Waals surface area contributed by atoms with Crippen molar-refractivity contribution < 1.29 is 57.0 Å². The van der Waals surface area contributed by atoms with Crippen LogP contribution in [0.15, 0.2) is 179 Å². The lowest BCUT2D eigenvalue weighted by molar-refractivity contribution is -0.137. The number of nitrogens with zero attached hydrogens (tertiary/aromatic N) is 10. The van der Waals surface area contributed by atoms with Crippen molar-refractivity contribution in [2.24, 2.45) is 0 Å². The fraction of sp³-hybridized carbons (Fsp3) is 0.347. The molecule has 0 atom stereocenters. The molecule has 3 fully saturated rings. The zero-order chi connectivity index (χ0) is 68.5. The van der Waals surface area contributed by atoms with Crippen molar-refractivity contribution >= 4 is 96.7 Å². The second-order valence-electron chi connectivity index (χ2n) is 25.3. The topological polar surface area (TPSA) is 177 Å². The first-order valence-electron chi connectivity index (χ1n) is 32.8. The Hall–Kier alpha value is -8.18. The maximum absolute atomic E-state index is 14.1. The Labute approximate surface area is 568 Å². The minimum absolute atomic E-state index is 0.0789. The van der Waals surface area contributed by atoms with E-state index >= 15 is 0 Å². The molecule has 0 N–H and O–H groups in total. The molecule has 4 aromatic heterocycles. The lowest BCUT2D eigenvalue weighted by Gasteiger charge is -2.28. The van der Waals surface area contributed by atoms with Gasteiger partial charge in [0.25, 0.3) is 30.1 Å². The molecule has 0 bridgehead atoms. The number of pyridine rings is 1. The number of hydrogen-bond donors (Lipinski definition) is 0. The first kappa shape index (κ1) is 68.3. The van der Waals surface area contributed by atoms with Crippen molar-refractivity contribution in [3.63, 3.8) is 0 Å². The summed E-state index contributed by atoms with van der Waals surface area (Å²) >= 11 is 0. The Morgan fingerprint density at radius 3 is 1.15 bits per heavy atom. The summed E-state index contributed by atoms with van der Waals surface area (Å²) in [5, 5.41) is 1.77. The maximum Gasteiger partial charge on any atom is 0.416 e. The summed E-state index contributed by atoms with van der Waals surface area (Å²) < 4.78 is 156. The number of halogens is 4. The number of ether oxygens (including phenoxy) is 3. The Bertz CT molecular complexity index is 4840. The summed E-state index contributed by atoms with van der Waals surface area (Å²) in [6.07, 6.45) is 10.5. The molecule has 98 heavy (non-hydrogen) atoms. The summed E-state index contributed by atoms with van der Waals surface area (Å²) in [7, 11) is -5.55. The molecule has 516 valence electrons. The van der Waals surface area contributed by atoms with Gasteiger partial charge < -0.3 is 43.6 Å². The summed E-state index contributed by atoms with van der Waals surface area (Å²) in [5.74, 6) is -0.378. The summed E-state index contributed by atoms with van der Waals surface area (Å²) in [6, 6.07) is 32.0. The van der Waals surface area contributed by atoms with Crippen LogP contribution in [0.25, 0.3) is 49.6 Å². The average molecular weight is 1400 g/mol. The van der Waals surface area contributed by atoms with Crippen LogP contribution < -0.4 is 14.7 Å². The van der Waals surface area contributed by atoms with Gasteiger partial charge in [0.05, 0.1) is 70.9 Å². The minimum atomic E-state index is -4.52. The summed E-state index contributed by atoms with van der Waals surface area (Å²) in [4.78, 5) is 18.0. The van der Waals surface area contributed by atoms with Gasteiger partial charge in [-0.3, -0.25) is 0 Å². The Kier molecular flexibility index (Phi) is 19.9. The van der Waals surface area contributed by atoms with Gasteiger partial charge in [-0.15, -0.1) is 0 Å². The summed E-state index contributed by atoms with van der Waals surface area (Å²) in [6.45, 7) is 13.5. The molecule has 6 aliphatic rings. The smallest absolute Gasteiger partial charge is 0.378 e. The molecule has 0 saturated carbocycles. The molecular weight excluding hydrogens is 1320 g/mol. The zero-order valence-electron chi connectivity index (χ0n) is 54.8. The van der Waals surface area contributed by atoms with E-state index in [1.54, 1.807) is 73.2 Å². The van der Waals surface area contributed by atoms with Gasteiger partial charge in [0.15, 0.2) is 5.65 Å². The Morgan fingerprint density at radius 2 is 0.776 bits per heavy atom. The molecule has 10 heterocycles. The third kappa shape index (κ3) is 14.3. The van der Waals surface area contributed by atoms with E-state index in [-0.39, 0.29) is 31.4 Å². The van der Waals surface area contributed by atoms with E-state index in [2.05, 4.69) is 53.6 Å². The third-order valence-corrected chi connectivity index (χ3v) is 24.0. The number of alkyl halides is 3. The molecule has 19 nitrogen and oxygen atoms in total. The van der Waals surface area contributed by atoms with Crippen LogP contribution in [-0.2, 0) is 50.5 Å². The van der Waals surface area contributed by atoms with Crippen LogP contribution in [0.1, 0.15) is 41.5 Å². The highest BCUT2D eigenvalue weighted by atomic mass is 32.2. The molecule has 0 unspecified atom stereocenters. The maximum atomic E-state index is 14.1. The van der Waals surface area contributed by atoms with E-state index in [1.165, 1.54) is 37.9 Å². The van der Waals surface area contributed by atoms with E-state index in [1.807, 2.05) is 56.6 Å². The van der Waals surface area contributed by atoms with Crippen molar-refractivity contribution in [3.05, 3.63) is 192 Å². The molecule has 0 aliphatic carbocycles. The number of fused-ring (bicyclic) bond motifs is 3. The molecule has 3 saturated heterocycles. The lowest BCUT2D eigenvalue weighted by Crippen LogP contribution is -2.36. The summed E-state index contributed by atoms with van der Waals surface area (Å²) in [5.41, 5.74) is 8.59. The number of likely N-dealkylation sites (N-methyl/N-ethyl adjacent to an activating group) is 3. The van der Waals surface area contributed by atoms with Crippen molar-refractivity contribution in [1.29, 1.82) is 0 Å². The normalized spacial score (nSPS) is 18.2. The van der Waals surface area contributed by atoms with Gasteiger partial charge in [-0.2, -0.15) is 13.2 Å². The van der Waals surface area contributed by atoms with E-state index in [9.17, 15) is 42.8 Å². The van der Waals surface area contributed by atoms with Crippen molar-refractivity contribution in [3.8, 4) is 0 Å². The third-order valence-electron chi connectivity index (χ3n) is 18.9. The Morgan fingerprint density at radius 1 is 0.418 bits per heavy atom. The van der Waals surface area contributed by atoms with Crippen LogP contribution in [0.5, 0.6) is 0 Å². The fourth-order valence-corrected chi connectivity index (χ4v) is 17.3. The highest BCUT2D eigenvalue weighted by Crippen LogP contribution is 2.40. The van der Waals surface area contributed by atoms with Crippen LogP contribution in [0.4, 0.5) is 34.6 Å². The predicted molar refractivity (Wildman–Crippen MR) is 375 cm³/mol.